The van der Waals surface area contributed by atoms with Crippen LogP contribution >= 0.6 is 22.6 Å². The molecule has 0 fully saturated rings. The molecule has 4 heteroatoms. The van der Waals surface area contributed by atoms with Crippen LogP contribution in [0.5, 0.6) is 0 Å². The Morgan fingerprint density at radius 3 is 2.30 bits per heavy atom. The van der Waals surface area contributed by atoms with Gasteiger partial charge in [-0.05, 0) is 52.4 Å². The molecule has 3 nitrogen and oxygen atoms in total. The summed E-state index contributed by atoms with van der Waals surface area (Å²) in [6, 6.07) is 22.6. The predicted octanol–water partition coefficient (Wildman–Crippen LogP) is 4.63. The van der Waals surface area contributed by atoms with E-state index in [4.69, 9.17) is 4.74 Å². The highest BCUT2D eigenvalue weighted by Crippen LogP contribution is 2.26. The zero-order valence-electron chi connectivity index (χ0n) is 12.2. The summed E-state index contributed by atoms with van der Waals surface area (Å²) in [5.41, 5.74) is 2.16. The lowest BCUT2D eigenvalue weighted by molar-refractivity contribution is 0.0369. The van der Waals surface area contributed by atoms with Gasteiger partial charge < -0.3 is 4.74 Å². The molecule has 23 heavy (non-hydrogen) atoms. The molecular formula is C19H14INO2. The average molecular weight is 415 g/mol. The van der Waals surface area contributed by atoms with Crippen LogP contribution in [0.2, 0.25) is 0 Å². The Balaban J connectivity index is 1.94. The lowest BCUT2D eigenvalue weighted by Gasteiger charge is -2.18. The molecule has 0 saturated heterocycles. The molecule has 1 aromatic heterocycles. The molecule has 2 aromatic carbocycles. The van der Waals surface area contributed by atoms with Gasteiger partial charge in [-0.1, -0.05) is 48.5 Å². The molecule has 3 aromatic rings. The topological polar surface area (TPSA) is 39.2 Å². The molecule has 1 atom stereocenters. The Bertz CT molecular complexity index is 751. The zero-order chi connectivity index (χ0) is 16.1. The van der Waals surface area contributed by atoms with Crippen LogP contribution in [-0.4, -0.2) is 11.0 Å². The minimum absolute atomic E-state index is 0.352. The minimum atomic E-state index is -0.527. The van der Waals surface area contributed by atoms with E-state index in [-0.39, 0.29) is 5.97 Å². The van der Waals surface area contributed by atoms with Gasteiger partial charge in [0.05, 0.1) is 11.3 Å². The molecule has 114 valence electrons. The molecule has 1 heterocycles. The summed E-state index contributed by atoms with van der Waals surface area (Å²) < 4.78 is 6.65. The van der Waals surface area contributed by atoms with E-state index in [0.29, 0.717) is 11.3 Å². The van der Waals surface area contributed by atoms with Crippen molar-refractivity contribution < 1.29 is 9.53 Å². The highest BCUT2D eigenvalue weighted by molar-refractivity contribution is 14.1. The van der Waals surface area contributed by atoms with Gasteiger partial charge in [0.25, 0.3) is 0 Å². The Morgan fingerprint density at radius 2 is 1.61 bits per heavy atom. The van der Waals surface area contributed by atoms with Crippen LogP contribution in [0.4, 0.5) is 0 Å². The van der Waals surface area contributed by atoms with E-state index in [0.717, 1.165) is 9.13 Å². The largest absolute Gasteiger partial charge is 0.447 e. The van der Waals surface area contributed by atoms with Crippen molar-refractivity contribution in [1.82, 2.24) is 4.98 Å². The third-order valence-electron chi connectivity index (χ3n) is 3.38. The highest BCUT2D eigenvalue weighted by atomic mass is 127. The lowest BCUT2D eigenvalue weighted by atomic mass is 10.1. The monoisotopic (exact) mass is 415 g/mol. The number of ether oxygens (including phenoxy) is 1. The Morgan fingerprint density at radius 1 is 0.913 bits per heavy atom. The van der Waals surface area contributed by atoms with E-state index in [1.165, 1.54) is 0 Å². The number of carbonyl (C=O) groups excluding carboxylic acids is 1. The zero-order valence-corrected chi connectivity index (χ0v) is 14.4. The van der Waals surface area contributed by atoms with Crippen molar-refractivity contribution in [1.29, 1.82) is 0 Å². The van der Waals surface area contributed by atoms with Gasteiger partial charge >= 0.3 is 5.97 Å². The summed E-state index contributed by atoms with van der Waals surface area (Å²) in [4.78, 5) is 16.9. The van der Waals surface area contributed by atoms with Gasteiger partial charge in [0.1, 0.15) is 0 Å². The van der Waals surface area contributed by atoms with Crippen LogP contribution in [-0.2, 0) is 4.74 Å². The van der Waals surface area contributed by atoms with Crippen LogP contribution in [0, 0.1) is 3.57 Å². The molecule has 0 aliphatic rings. The molecule has 0 aliphatic heterocycles. The smallest absolute Gasteiger partial charge is 0.340 e. The molecule has 0 bridgehead atoms. The second-order valence-corrected chi connectivity index (χ2v) is 6.09. The average Bonchev–Trinajstić information content (AvgIpc) is 2.61. The molecule has 1 unspecified atom stereocenters. The second-order valence-electron chi connectivity index (χ2n) is 4.93. The minimum Gasteiger partial charge on any atom is -0.447 e. The number of hydrogen-bond donors (Lipinski definition) is 0. The standard InChI is InChI=1S/C19H14INO2/c20-16-11-5-4-10-15(16)19(22)23-18(14-8-2-1-3-9-14)17-12-6-7-13-21-17/h1-13,18H. The maximum atomic E-state index is 12.6. The number of halogens is 1. The quantitative estimate of drug-likeness (QED) is 0.461. The Labute approximate surface area is 148 Å². The molecule has 0 N–H and O–H groups in total. The molecule has 0 saturated carbocycles. The molecule has 0 radical (unpaired) electrons. The van der Waals surface area contributed by atoms with Crippen molar-refractivity contribution in [2.45, 2.75) is 6.10 Å². The van der Waals surface area contributed by atoms with Gasteiger partial charge in [-0.2, -0.15) is 0 Å². The second kappa shape index (κ2) is 7.37. The molecule has 3 rings (SSSR count). The Kier molecular flexibility index (Phi) is 5.02. The van der Waals surface area contributed by atoms with Gasteiger partial charge in [-0.3, -0.25) is 4.98 Å². The van der Waals surface area contributed by atoms with Gasteiger partial charge in [0, 0.05) is 9.77 Å². The Hall–Kier alpha value is -2.21. The fraction of sp³-hybridized carbons (Fsp3) is 0.0526. The normalized spacial score (nSPS) is 11.7. The van der Waals surface area contributed by atoms with Crippen LogP contribution in [0.15, 0.2) is 79.0 Å². The number of hydrogen-bond acceptors (Lipinski definition) is 3. The SMILES string of the molecule is O=C(OC(c1ccccc1)c1ccccn1)c1ccccc1I. The van der Waals surface area contributed by atoms with E-state index in [1.807, 2.05) is 66.7 Å². The predicted molar refractivity (Wildman–Crippen MR) is 97.1 cm³/mol. The fourth-order valence-electron chi connectivity index (χ4n) is 2.26. The summed E-state index contributed by atoms with van der Waals surface area (Å²) in [6.07, 6.45) is 1.17. The van der Waals surface area contributed by atoms with Crippen molar-refractivity contribution in [3.8, 4) is 0 Å². The third-order valence-corrected chi connectivity index (χ3v) is 4.32. The van der Waals surface area contributed by atoms with Gasteiger partial charge in [0.2, 0.25) is 0 Å². The van der Waals surface area contributed by atoms with Crippen molar-refractivity contribution >= 4 is 28.6 Å². The summed E-state index contributed by atoms with van der Waals surface area (Å²) in [5, 5.41) is 0. The molecule has 0 aliphatic carbocycles. The number of pyridine rings is 1. The van der Waals surface area contributed by atoms with Crippen molar-refractivity contribution in [3.63, 3.8) is 0 Å². The molecule has 0 spiro atoms. The van der Waals surface area contributed by atoms with Crippen molar-refractivity contribution in [3.05, 3.63) is 99.4 Å². The van der Waals surface area contributed by atoms with Crippen molar-refractivity contribution in [2.24, 2.45) is 0 Å². The number of rotatable bonds is 4. The van der Waals surface area contributed by atoms with E-state index < -0.39 is 6.10 Å². The third kappa shape index (κ3) is 3.76. The summed E-state index contributed by atoms with van der Waals surface area (Å²) in [5.74, 6) is -0.352. The van der Waals surface area contributed by atoms with E-state index in [2.05, 4.69) is 27.6 Å². The van der Waals surface area contributed by atoms with Gasteiger partial charge in [0.15, 0.2) is 6.10 Å². The summed E-state index contributed by atoms with van der Waals surface area (Å²) in [6.45, 7) is 0. The van der Waals surface area contributed by atoms with Gasteiger partial charge in [-0.25, -0.2) is 4.79 Å². The van der Waals surface area contributed by atoms with Crippen LogP contribution < -0.4 is 0 Å². The van der Waals surface area contributed by atoms with Crippen LogP contribution in [0.1, 0.15) is 27.7 Å². The maximum Gasteiger partial charge on any atom is 0.340 e. The van der Waals surface area contributed by atoms with Crippen molar-refractivity contribution in [2.75, 3.05) is 0 Å². The highest BCUT2D eigenvalue weighted by Gasteiger charge is 2.22. The number of benzene rings is 2. The lowest BCUT2D eigenvalue weighted by Crippen LogP contribution is -2.15. The number of nitrogens with zero attached hydrogens (tertiary/aromatic N) is 1. The first kappa shape index (κ1) is 15.7. The summed E-state index contributed by atoms with van der Waals surface area (Å²) >= 11 is 2.14. The molecule has 0 amide bonds. The number of carbonyl (C=O) groups is 1. The van der Waals surface area contributed by atoms with Crippen LogP contribution in [0.25, 0.3) is 0 Å². The van der Waals surface area contributed by atoms with Crippen LogP contribution in [0.3, 0.4) is 0 Å². The van der Waals surface area contributed by atoms with E-state index in [1.54, 1.807) is 12.3 Å². The number of esters is 1. The van der Waals surface area contributed by atoms with Gasteiger partial charge in [-0.15, -0.1) is 0 Å². The number of aromatic nitrogens is 1. The fourth-order valence-corrected chi connectivity index (χ4v) is 2.86. The van der Waals surface area contributed by atoms with E-state index >= 15 is 0 Å². The van der Waals surface area contributed by atoms with E-state index in [9.17, 15) is 4.79 Å². The summed E-state index contributed by atoms with van der Waals surface area (Å²) in [7, 11) is 0. The first-order valence-corrected chi connectivity index (χ1v) is 8.25. The first-order chi connectivity index (χ1) is 11.3. The first-order valence-electron chi connectivity index (χ1n) is 7.17. The molecular weight excluding hydrogens is 401 g/mol. The maximum absolute atomic E-state index is 12.6.